The number of hydrogen-bond acceptors (Lipinski definition) is 7. The Hall–Kier alpha value is -5.04. The minimum absolute atomic E-state index is 0.121. The van der Waals surface area contributed by atoms with Gasteiger partial charge in [-0.15, -0.1) is 0 Å². The van der Waals surface area contributed by atoms with Crippen LogP contribution in [0.4, 0.5) is 11.4 Å². The van der Waals surface area contributed by atoms with Gasteiger partial charge < -0.3 is 9.72 Å². The highest BCUT2D eigenvalue weighted by atomic mass is 16.6. The van der Waals surface area contributed by atoms with Crippen molar-refractivity contribution in [2.24, 2.45) is 0 Å². The number of aromatic amines is 1. The summed E-state index contributed by atoms with van der Waals surface area (Å²) >= 11 is 0. The van der Waals surface area contributed by atoms with Crippen LogP contribution in [-0.4, -0.2) is 19.8 Å². The molecule has 0 aliphatic carbocycles. The fourth-order valence-electron chi connectivity index (χ4n) is 3.18. The summed E-state index contributed by atoms with van der Waals surface area (Å²) in [5.41, 5.74) is 2.77. The number of imidazole rings is 1. The molecule has 0 amide bonds. The summed E-state index contributed by atoms with van der Waals surface area (Å²) in [4.78, 5) is 28.3. The number of benzene rings is 3. The quantitative estimate of drug-likeness (QED) is 0.234. The van der Waals surface area contributed by atoms with Crippen molar-refractivity contribution in [3.63, 3.8) is 0 Å². The number of H-pyrrole nitrogens is 1. The van der Waals surface area contributed by atoms with Crippen molar-refractivity contribution in [3.8, 4) is 17.6 Å². The van der Waals surface area contributed by atoms with Crippen LogP contribution >= 0.6 is 0 Å². The van der Waals surface area contributed by atoms with Crippen molar-refractivity contribution < 1.29 is 14.6 Å². The normalized spacial score (nSPS) is 11.2. The molecule has 0 saturated heterocycles. The van der Waals surface area contributed by atoms with Gasteiger partial charge in [0.2, 0.25) is 5.75 Å². The molecule has 4 rings (SSSR count). The Morgan fingerprint density at radius 2 is 1.82 bits per heavy atom. The number of nitro groups is 2. The van der Waals surface area contributed by atoms with Crippen LogP contribution in [0.25, 0.3) is 22.7 Å². The molecule has 0 atom stereocenters. The Bertz CT molecular complexity index is 1470. The van der Waals surface area contributed by atoms with Crippen molar-refractivity contribution >= 4 is 34.1 Å². The number of hydrogen-bond donors (Lipinski definition) is 1. The van der Waals surface area contributed by atoms with Gasteiger partial charge in [0, 0.05) is 6.07 Å². The van der Waals surface area contributed by atoms with Gasteiger partial charge in [0.15, 0.2) is 0 Å². The molecule has 0 aliphatic heterocycles. The Balaban J connectivity index is 1.59. The van der Waals surface area contributed by atoms with Crippen LogP contribution in [0.2, 0.25) is 0 Å². The molecule has 0 bridgehead atoms. The molecule has 0 unspecified atom stereocenters. The summed E-state index contributed by atoms with van der Waals surface area (Å²) in [5.74, 6) is 0.617. The van der Waals surface area contributed by atoms with E-state index in [2.05, 4.69) is 16.0 Å². The summed E-state index contributed by atoms with van der Waals surface area (Å²) in [6.45, 7) is 1.97. The molecule has 0 radical (unpaired) electrons. The molecule has 1 heterocycles. The third kappa shape index (κ3) is 4.52. The zero-order chi connectivity index (χ0) is 23.5. The largest absolute Gasteiger partial charge is 0.450 e. The molecule has 0 aliphatic rings. The van der Waals surface area contributed by atoms with Crippen LogP contribution in [0.5, 0.6) is 11.5 Å². The van der Waals surface area contributed by atoms with Gasteiger partial charge >= 0.3 is 5.69 Å². The second-order valence-corrected chi connectivity index (χ2v) is 7.11. The molecule has 0 saturated carbocycles. The van der Waals surface area contributed by atoms with Crippen molar-refractivity contribution in [2.45, 2.75) is 6.92 Å². The highest BCUT2D eigenvalue weighted by Crippen LogP contribution is 2.34. The minimum atomic E-state index is -0.743. The van der Waals surface area contributed by atoms with Crippen LogP contribution in [0.3, 0.4) is 0 Å². The van der Waals surface area contributed by atoms with E-state index in [4.69, 9.17) is 4.74 Å². The van der Waals surface area contributed by atoms with Gasteiger partial charge in [0.05, 0.1) is 32.5 Å². The maximum absolute atomic E-state index is 11.3. The highest BCUT2D eigenvalue weighted by molar-refractivity contribution is 5.90. The average Bonchev–Trinajstić information content (AvgIpc) is 3.21. The first-order valence-electron chi connectivity index (χ1n) is 9.63. The summed E-state index contributed by atoms with van der Waals surface area (Å²) in [5, 5.41) is 31.7. The van der Waals surface area contributed by atoms with E-state index in [0.717, 1.165) is 28.7 Å². The van der Waals surface area contributed by atoms with Crippen LogP contribution in [-0.2, 0) is 0 Å². The maximum atomic E-state index is 11.3. The number of fused-ring (bicyclic) bond motifs is 1. The lowest BCUT2D eigenvalue weighted by molar-refractivity contribution is -0.394. The number of nitro benzene ring substituents is 2. The standard InChI is InChI=1S/C23H15N5O5/c1-14-2-8-19-20(10-14)26-23(25-19)16(13-24)11-15-3-6-18(7-4-15)33-22-9-5-17(27(29)30)12-21(22)28(31)32/h2-12H,1H3,(H,25,26)/b16-11-. The number of non-ortho nitro benzene ring substituents is 1. The SMILES string of the molecule is Cc1ccc2nc(/C(C#N)=C\c3ccc(Oc4ccc([N+](=O)[O-])cc4[N+](=O)[O-])cc3)[nH]c2c1. The van der Waals surface area contributed by atoms with E-state index >= 15 is 0 Å². The molecule has 3 aromatic carbocycles. The molecule has 10 nitrogen and oxygen atoms in total. The second kappa shape index (κ2) is 8.60. The van der Waals surface area contributed by atoms with E-state index < -0.39 is 21.2 Å². The number of aromatic nitrogens is 2. The average molecular weight is 441 g/mol. The molecule has 162 valence electrons. The monoisotopic (exact) mass is 441 g/mol. The minimum Gasteiger partial charge on any atom is -0.450 e. The second-order valence-electron chi connectivity index (χ2n) is 7.11. The van der Waals surface area contributed by atoms with Crippen LogP contribution in [0.1, 0.15) is 17.0 Å². The molecule has 0 spiro atoms. The van der Waals surface area contributed by atoms with E-state index in [1.807, 2.05) is 25.1 Å². The number of ether oxygens (including phenoxy) is 1. The first-order valence-corrected chi connectivity index (χ1v) is 9.63. The third-order valence-corrected chi connectivity index (χ3v) is 4.78. The molecule has 10 heteroatoms. The molecule has 33 heavy (non-hydrogen) atoms. The molecule has 4 aromatic rings. The van der Waals surface area contributed by atoms with Crippen molar-refractivity contribution in [2.75, 3.05) is 0 Å². The number of allylic oxidation sites excluding steroid dienone is 1. The summed E-state index contributed by atoms with van der Waals surface area (Å²) in [6, 6.07) is 17.6. The first kappa shape index (κ1) is 21.2. The van der Waals surface area contributed by atoms with E-state index in [1.54, 1.807) is 30.3 Å². The Kier molecular flexibility index (Phi) is 5.53. The number of nitriles is 1. The van der Waals surface area contributed by atoms with Gasteiger partial charge in [0.25, 0.3) is 5.69 Å². The predicted molar refractivity (Wildman–Crippen MR) is 121 cm³/mol. The van der Waals surface area contributed by atoms with Gasteiger partial charge in [-0.3, -0.25) is 20.2 Å². The van der Waals surface area contributed by atoms with E-state index in [1.165, 1.54) is 6.07 Å². The zero-order valence-electron chi connectivity index (χ0n) is 17.2. The van der Waals surface area contributed by atoms with Crippen LogP contribution in [0.15, 0.2) is 60.7 Å². The Morgan fingerprint density at radius 1 is 1.06 bits per heavy atom. The van der Waals surface area contributed by atoms with Gasteiger partial charge in [-0.2, -0.15) is 5.26 Å². The lowest BCUT2D eigenvalue weighted by atomic mass is 10.1. The first-order chi connectivity index (χ1) is 15.8. The molecular formula is C23H15N5O5. The van der Waals surface area contributed by atoms with Crippen LogP contribution in [0, 0.1) is 38.5 Å². The Labute approximate surface area is 186 Å². The predicted octanol–water partition coefficient (Wildman–Crippen LogP) is 5.54. The highest BCUT2D eigenvalue weighted by Gasteiger charge is 2.21. The number of rotatable bonds is 6. The fourth-order valence-corrected chi connectivity index (χ4v) is 3.18. The van der Waals surface area contributed by atoms with Crippen LogP contribution < -0.4 is 4.74 Å². The third-order valence-electron chi connectivity index (χ3n) is 4.78. The Morgan fingerprint density at radius 3 is 2.48 bits per heavy atom. The van der Waals surface area contributed by atoms with Gasteiger partial charge in [-0.1, -0.05) is 18.2 Å². The van der Waals surface area contributed by atoms with Gasteiger partial charge in [0.1, 0.15) is 17.6 Å². The topological polar surface area (TPSA) is 148 Å². The lowest BCUT2D eigenvalue weighted by Crippen LogP contribution is -1.96. The summed E-state index contributed by atoms with van der Waals surface area (Å²) in [7, 11) is 0. The van der Waals surface area contributed by atoms with E-state index in [0.29, 0.717) is 22.7 Å². The zero-order valence-corrected chi connectivity index (χ0v) is 17.2. The van der Waals surface area contributed by atoms with Crippen molar-refractivity contribution in [1.29, 1.82) is 5.26 Å². The smallest absolute Gasteiger partial charge is 0.318 e. The summed E-state index contributed by atoms with van der Waals surface area (Å²) in [6.07, 6.45) is 1.66. The summed E-state index contributed by atoms with van der Waals surface area (Å²) < 4.78 is 5.56. The van der Waals surface area contributed by atoms with E-state index in [-0.39, 0.29) is 5.75 Å². The van der Waals surface area contributed by atoms with Gasteiger partial charge in [-0.25, -0.2) is 4.98 Å². The molecular weight excluding hydrogens is 426 g/mol. The van der Waals surface area contributed by atoms with E-state index in [9.17, 15) is 25.5 Å². The molecule has 0 fully saturated rings. The van der Waals surface area contributed by atoms with Crippen molar-refractivity contribution in [1.82, 2.24) is 9.97 Å². The molecule has 1 aromatic heterocycles. The fraction of sp³-hybridized carbons (Fsp3) is 0.0435. The molecule has 1 N–H and O–H groups in total. The number of nitrogens with one attached hydrogen (secondary N) is 1. The number of aryl methyl sites for hydroxylation is 1. The number of nitrogens with zero attached hydrogens (tertiary/aromatic N) is 4. The lowest BCUT2D eigenvalue weighted by Gasteiger charge is -2.06. The maximum Gasteiger partial charge on any atom is 0.318 e. The van der Waals surface area contributed by atoms with Gasteiger partial charge in [-0.05, 0) is 54.5 Å². The van der Waals surface area contributed by atoms with Crippen molar-refractivity contribution in [3.05, 3.63) is 97.8 Å².